The van der Waals surface area contributed by atoms with Gasteiger partial charge in [-0.05, 0) is 6.92 Å². The van der Waals surface area contributed by atoms with Gasteiger partial charge < -0.3 is 9.47 Å². The fourth-order valence-electron chi connectivity index (χ4n) is 1.24. The lowest BCUT2D eigenvalue weighted by molar-refractivity contribution is -0.146. The normalized spacial score (nSPS) is 28.3. The first-order valence-electron chi connectivity index (χ1n) is 4.04. The maximum absolute atomic E-state index is 11.2. The average molecular weight is 171 g/mol. The van der Waals surface area contributed by atoms with Crippen LogP contribution in [0.15, 0.2) is 0 Å². The van der Waals surface area contributed by atoms with Gasteiger partial charge in [0.2, 0.25) is 0 Å². The topological polar surface area (TPSA) is 59.4 Å². The number of hydrogen-bond acceptors (Lipinski definition) is 4. The predicted octanol–water partition coefficient (Wildman–Crippen LogP) is 0.809. The van der Waals surface area contributed by atoms with E-state index >= 15 is 0 Å². The Kier molecular flexibility index (Phi) is 2.68. The number of carbonyl (C=O) groups is 1. The van der Waals surface area contributed by atoms with Crippen LogP contribution in [0.3, 0.4) is 0 Å². The van der Waals surface area contributed by atoms with Gasteiger partial charge in [0, 0.05) is 5.92 Å². The average Bonchev–Trinajstić information content (AvgIpc) is 2.32. The van der Waals surface area contributed by atoms with Crippen molar-refractivity contribution in [3.05, 3.63) is 0 Å². The zero-order valence-electron chi connectivity index (χ0n) is 7.29. The molecule has 68 valence electrons. The molecule has 0 radical (unpaired) electrons. The Morgan fingerprint density at radius 1 is 1.83 bits per heavy atom. The van der Waals surface area contributed by atoms with Crippen LogP contribution in [0.1, 0.15) is 13.8 Å². The molecule has 2 atom stereocenters. The first kappa shape index (κ1) is 9.03. The lowest BCUT2D eigenvalue weighted by Gasteiger charge is -2.09. The van der Waals surface area contributed by atoms with Crippen molar-refractivity contribution in [2.24, 2.45) is 11.8 Å². The second-order valence-corrected chi connectivity index (χ2v) is 2.88. The molecular formula is C8H13NO3. The second kappa shape index (κ2) is 3.56. The summed E-state index contributed by atoms with van der Waals surface area (Å²) in [6, 6.07) is 0. The van der Waals surface area contributed by atoms with Gasteiger partial charge in [-0.1, -0.05) is 6.92 Å². The molecule has 1 rings (SSSR count). The van der Waals surface area contributed by atoms with Crippen LogP contribution in [0.25, 0.3) is 0 Å². The molecular weight excluding hydrogens is 158 g/mol. The van der Waals surface area contributed by atoms with Crippen LogP contribution >= 0.6 is 0 Å². The highest BCUT2D eigenvalue weighted by atomic mass is 16.5. The molecule has 0 spiro atoms. The van der Waals surface area contributed by atoms with Gasteiger partial charge in [-0.15, -0.1) is 0 Å². The minimum atomic E-state index is -0.482. The molecule has 0 aromatic carbocycles. The number of rotatable bonds is 2. The van der Waals surface area contributed by atoms with Crippen LogP contribution in [0.5, 0.6) is 0 Å². The van der Waals surface area contributed by atoms with Gasteiger partial charge in [-0.2, -0.15) is 0 Å². The second-order valence-electron chi connectivity index (χ2n) is 2.88. The molecule has 4 heteroatoms. The van der Waals surface area contributed by atoms with Crippen LogP contribution in [0.4, 0.5) is 0 Å². The molecule has 1 aliphatic rings. The summed E-state index contributed by atoms with van der Waals surface area (Å²) >= 11 is 0. The van der Waals surface area contributed by atoms with Crippen LogP contribution < -0.4 is 0 Å². The van der Waals surface area contributed by atoms with Gasteiger partial charge in [-0.3, -0.25) is 10.2 Å². The smallest absolute Gasteiger partial charge is 0.318 e. The van der Waals surface area contributed by atoms with E-state index in [0.29, 0.717) is 13.2 Å². The van der Waals surface area contributed by atoms with E-state index in [9.17, 15) is 4.79 Å². The largest absolute Gasteiger partial charge is 0.480 e. The summed E-state index contributed by atoms with van der Waals surface area (Å²) in [7, 11) is 0. The maximum atomic E-state index is 11.2. The third-order valence-electron chi connectivity index (χ3n) is 1.89. The molecule has 2 unspecified atom stereocenters. The van der Waals surface area contributed by atoms with Crippen molar-refractivity contribution in [3.8, 4) is 0 Å². The number of nitrogens with one attached hydrogen (secondary N) is 1. The number of ether oxygens (including phenoxy) is 2. The predicted molar refractivity (Wildman–Crippen MR) is 43.0 cm³/mol. The van der Waals surface area contributed by atoms with E-state index in [1.54, 1.807) is 6.92 Å². The highest BCUT2D eigenvalue weighted by Crippen LogP contribution is 2.22. The fourth-order valence-corrected chi connectivity index (χ4v) is 1.24. The quantitative estimate of drug-likeness (QED) is 0.625. The van der Waals surface area contributed by atoms with E-state index in [1.807, 2.05) is 6.92 Å². The van der Waals surface area contributed by atoms with Gasteiger partial charge in [-0.25, -0.2) is 0 Å². The van der Waals surface area contributed by atoms with Crippen molar-refractivity contribution < 1.29 is 14.3 Å². The Balaban J connectivity index is 2.59. The van der Waals surface area contributed by atoms with Gasteiger partial charge in [0.25, 0.3) is 0 Å². The Hall–Kier alpha value is -1.06. The van der Waals surface area contributed by atoms with Crippen molar-refractivity contribution in [1.82, 2.24) is 0 Å². The summed E-state index contributed by atoms with van der Waals surface area (Å²) in [5, 5.41) is 7.32. The van der Waals surface area contributed by atoms with Gasteiger partial charge in [0.15, 0.2) is 5.90 Å². The molecule has 1 fully saturated rings. The van der Waals surface area contributed by atoms with E-state index in [1.165, 1.54) is 0 Å². The van der Waals surface area contributed by atoms with E-state index in [2.05, 4.69) is 0 Å². The molecule has 12 heavy (non-hydrogen) atoms. The van der Waals surface area contributed by atoms with E-state index in [4.69, 9.17) is 14.9 Å². The molecule has 0 aliphatic carbocycles. The summed E-state index contributed by atoms with van der Waals surface area (Å²) in [5.74, 6) is -0.713. The molecule has 1 saturated heterocycles. The Morgan fingerprint density at radius 3 is 2.92 bits per heavy atom. The van der Waals surface area contributed by atoms with Crippen molar-refractivity contribution in [1.29, 1.82) is 5.41 Å². The minimum absolute atomic E-state index is 0.0425. The molecule has 0 saturated carbocycles. The summed E-state index contributed by atoms with van der Waals surface area (Å²) < 4.78 is 9.73. The lowest BCUT2D eigenvalue weighted by atomic mass is 9.98. The highest BCUT2D eigenvalue weighted by Gasteiger charge is 2.37. The van der Waals surface area contributed by atoms with Crippen LogP contribution in [0.2, 0.25) is 0 Å². The van der Waals surface area contributed by atoms with E-state index in [-0.39, 0.29) is 17.8 Å². The molecule has 0 bridgehead atoms. The standard InChI is InChI=1S/C8H13NO3/c1-3-11-8(10)6-5(2)4-12-7(6)9/h5-6,9H,3-4H2,1-2H3. The Morgan fingerprint density at radius 2 is 2.50 bits per heavy atom. The molecule has 1 heterocycles. The third-order valence-corrected chi connectivity index (χ3v) is 1.89. The van der Waals surface area contributed by atoms with Gasteiger partial charge in [0.1, 0.15) is 5.92 Å². The molecule has 4 nitrogen and oxygen atoms in total. The summed E-state index contributed by atoms with van der Waals surface area (Å²) in [6.07, 6.45) is 0. The van der Waals surface area contributed by atoms with Crippen molar-refractivity contribution in [2.45, 2.75) is 13.8 Å². The molecule has 0 aromatic heterocycles. The van der Waals surface area contributed by atoms with Crippen LogP contribution in [-0.4, -0.2) is 25.1 Å². The first-order chi connectivity index (χ1) is 5.66. The summed E-state index contributed by atoms with van der Waals surface area (Å²) in [6.45, 7) is 4.43. The SMILES string of the molecule is CCOC(=O)C1C(=N)OCC1C. The highest BCUT2D eigenvalue weighted by molar-refractivity contribution is 5.97. The number of esters is 1. The Labute approximate surface area is 71.4 Å². The van der Waals surface area contributed by atoms with Crippen LogP contribution in [0, 0.1) is 17.2 Å². The van der Waals surface area contributed by atoms with Crippen molar-refractivity contribution in [2.75, 3.05) is 13.2 Å². The van der Waals surface area contributed by atoms with Crippen molar-refractivity contribution >= 4 is 11.9 Å². The zero-order valence-corrected chi connectivity index (χ0v) is 7.29. The van der Waals surface area contributed by atoms with Crippen LogP contribution in [-0.2, 0) is 14.3 Å². The summed E-state index contributed by atoms with van der Waals surface area (Å²) in [4.78, 5) is 11.2. The monoisotopic (exact) mass is 171 g/mol. The molecule has 0 aromatic rings. The van der Waals surface area contributed by atoms with Gasteiger partial charge >= 0.3 is 5.97 Å². The zero-order chi connectivity index (χ0) is 9.14. The number of hydrogen-bond donors (Lipinski definition) is 1. The fraction of sp³-hybridized carbons (Fsp3) is 0.750. The lowest BCUT2D eigenvalue weighted by Crippen LogP contribution is -2.25. The van der Waals surface area contributed by atoms with E-state index < -0.39 is 5.92 Å². The molecule has 1 aliphatic heterocycles. The summed E-state index contributed by atoms with van der Waals surface area (Å²) in [5.41, 5.74) is 0. The number of carbonyl (C=O) groups excluding carboxylic acids is 1. The van der Waals surface area contributed by atoms with Crippen molar-refractivity contribution in [3.63, 3.8) is 0 Å². The molecule has 1 N–H and O–H groups in total. The van der Waals surface area contributed by atoms with Gasteiger partial charge in [0.05, 0.1) is 13.2 Å². The maximum Gasteiger partial charge on any atom is 0.318 e. The third kappa shape index (κ3) is 1.57. The minimum Gasteiger partial charge on any atom is -0.480 e. The Bertz CT molecular complexity index is 202. The molecule has 0 amide bonds. The van der Waals surface area contributed by atoms with E-state index in [0.717, 1.165) is 0 Å². The first-order valence-corrected chi connectivity index (χ1v) is 4.04.